The van der Waals surface area contributed by atoms with E-state index in [1.54, 1.807) is 0 Å². The first-order chi connectivity index (χ1) is 15.2. The maximum Gasteiger partial charge on any atom is 0.226 e. The van der Waals surface area contributed by atoms with Crippen LogP contribution in [0.2, 0.25) is 0 Å². The van der Waals surface area contributed by atoms with Crippen LogP contribution in [-0.4, -0.2) is 39.2 Å². The van der Waals surface area contributed by atoms with E-state index in [1.165, 1.54) is 44.9 Å². The number of benzene rings is 1. The molecule has 0 spiro atoms. The van der Waals surface area contributed by atoms with Crippen LogP contribution in [0.4, 0.5) is 0 Å². The second kappa shape index (κ2) is 9.13. The average Bonchev–Trinajstić information content (AvgIpc) is 3.45. The number of aliphatic hydroxyl groups is 1. The lowest BCUT2D eigenvalue weighted by molar-refractivity contribution is -0.127. The van der Waals surface area contributed by atoms with Crippen molar-refractivity contribution in [2.24, 2.45) is 5.92 Å². The molecule has 3 aliphatic rings. The van der Waals surface area contributed by atoms with Crippen molar-refractivity contribution in [3.63, 3.8) is 0 Å². The van der Waals surface area contributed by atoms with Gasteiger partial charge in [0, 0.05) is 42.4 Å². The second-order valence-corrected chi connectivity index (χ2v) is 9.67. The van der Waals surface area contributed by atoms with Crippen molar-refractivity contribution in [1.29, 1.82) is 0 Å². The van der Waals surface area contributed by atoms with Crippen LogP contribution in [0.3, 0.4) is 0 Å². The summed E-state index contributed by atoms with van der Waals surface area (Å²) in [5.74, 6) is 0.978. The maximum atomic E-state index is 13.0. The molecule has 3 saturated carbocycles. The van der Waals surface area contributed by atoms with Crippen molar-refractivity contribution in [3.8, 4) is 0 Å². The summed E-state index contributed by atoms with van der Waals surface area (Å²) in [5.41, 5.74) is 2.04. The summed E-state index contributed by atoms with van der Waals surface area (Å²) in [7, 11) is 0. The smallest absolute Gasteiger partial charge is 0.226 e. The van der Waals surface area contributed by atoms with E-state index in [1.807, 2.05) is 36.5 Å². The highest BCUT2D eigenvalue weighted by Gasteiger charge is 2.47. The molecule has 1 amide bonds. The standard InChI is InChI=1S/C25H34N4O2/c30-23-19(25(31)27-14-16-7-3-1-4-8-16)13-20(28-18-9-5-2-6-10-18)22(23)21-15-26-24(29-21)17-11-12-17/h1,3-4,7-8,15,17-20,22-23,28,30H,2,5-6,9-14H2,(H,26,29)(H,27,31)/t19-,20+,22+,23+/m0/s1. The minimum atomic E-state index is -0.718. The maximum absolute atomic E-state index is 13.0. The third kappa shape index (κ3) is 4.70. The van der Waals surface area contributed by atoms with Crippen LogP contribution in [0.15, 0.2) is 36.5 Å². The van der Waals surface area contributed by atoms with Gasteiger partial charge in [0.05, 0.1) is 12.0 Å². The number of carbonyl (C=O) groups is 1. The van der Waals surface area contributed by atoms with Gasteiger partial charge in [0.2, 0.25) is 5.91 Å². The molecule has 3 aliphatic carbocycles. The van der Waals surface area contributed by atoms with E-state index in [0.717, 1.165) is 17.1 Å². The van der Waals surface area contributed by atoms with Gasteiger partial charge in [-0.15, -0.1) is 0 Å². The first-order valence-corrected chi connectivity index (χ1v) is 12.0. The molecule has 1 aromatic heterocycles. The molecule has 0 unspecified atom stereocenters. The zero-order valence-electron chi connectivity index (χ0n) is 18.1. The molecule has 5 rings (SSSR count). The Kier molecular flexibility index (Phi) is 6.10. The molecule has 0 bridgehead atoms. The number of nitrogens with zero attached hydrogens (tertiary/aromatic N) is 1. The first kappa shape index (κ1) is 20.7. The summed E-state index contributed by atoms with van der Waals surface area (Å²) in [6, 6.07) is 10.5. The topological polar surface area (TPSA) is 90.0 Å². The molecule has 1 aromatic carbocycles. The zero-order chi connectivity index (χ0) is 21.2. The molecule has 3 fully saturated rings. The van der Waals surface area contributed by atoms with Crippen LogP contribution in [0.25, 0.3) is 0 Å². The summed E-state index contributed by atoms with van der Waals surface area (Å²) < 4.78 is 0. The lowest BCUT2D eigenvalue weighted by Gasteiger charge is -2.29. The van der Waals surface area contributed by atoms with Crippen molar-refractivity contribution in [2.45, 2.75) is 87.9 Å². The molecule has 1 heterocycles. The lowest BCUT2D eigenvalue weighted by atomic mass is 9.92. The fraction of sp³-hybridized carbons (Fsp3) is 0.600. The molecule has 31 heavy (non-hydrogen) atoms. The summed E-state index contributed by atoms with van der Waals surface area (Å²) in [5, 5.41) is 18.2. The van der Waals surface area contributed by atoms with Gasteiger partial charge in [-0.3, -0.25) is 4.79 Å². The Labute approximate surface area is 184 Å². The fourth-order valence-corrected chi connectivity index (χ4v) is 5.46. The molecule has 0 aliphatic heterocycles. The van der Waals surface area contributed by atoms with Gasteiger partial charge in [-0.1, -0.05) is 49.6 Å². The van der Waals surface area contributed by atoms with Crippen LogP contribution >= 0.6 is 0 Å². The number of H-pyrrole nitrogens is 1. The molecule has 4 N–H and O–H groups in total. The number of amides is 1. The van der Waals surface area contributed by atoms with E-state index >= 15 is 0 Å². The van der Waals surface area contributed by atoms with E-state index in [0.29, 0.717) is 24.9 Å². The summed E-state index contributed by atoms with van der Waals surface area (Å²) in [4.78, 5) is 21.1. The molecule has 6 heteroatoms. The van der Waals surface area contributed by atoms with Gasteiger partial charge >= 0.3 is 0 Å². The quantitative estimate of drug-likeness (QED) is 0.551. The predicted octanol–water partition coefficient (Wildman–Crippen LogP) is 3.36. The monoisotopic (exact) mass is 422 g/mol. The molecular formula is C25H34N4O2. The lowest BCUT2D eigenvalue weighted by Crippen LogP contribution is -2.42. The van der Waals surface area contributed by atoms with Gasteiger partial charge in [0.25, 0.3) is 0 Å². The van der Waals surface area contributed by atoms with Crippen molar-refractivity contribution in [3.05, 3.63) is 53.6 Å². The zero-order valence-corrected chi connectivity index (χ0v) is 18.1. The molecule has 166 valence electrons. The number of aliphatic hydroxyl groups excluding tert-OH is 1. The molecule has 6 nitrogen and oxygen atoms in total. The average molecular weight is 423 g/mol. The fourth-order valence-electron chi connectivity index (χ4n) is 5.46. The van der Waals surface area contributed by atoms with E-state index in [2.05, 4.69) is 20.6 Å². The second-order valence-electron chi connectivity index (χ2n) is 9.67. The van der Waals surface area contributed by atoms with E-state index in [4.69, 9.17) is 0 Å². The van der Waals surface area contributed by atoms with Crippen molar-refractivity contribution < 1.29 is 9.90 Å². The van der Waals surface area contributed by atoms with E-state index < -0.39 is 12.0 Å². The third-order valence-corrected chi connectivity index (χ3v) is 7.36. The van der Waals surface area contributed by atoms with Crippen LogP contribution in [0.1, 0.15) is 80.3 Å². The van der Waals surface area contributed by atoms with Gasteiger partial charge in [-0.25, -0.2) is 4.98 Å². The summed E-state index contributed by atoms with van der Waals surface area (Å²) >= 11 is 0. The Morgan fingerprint density at radius 1 is 1.10 bits per heavy atom. The largest absolute Gasteiger partial charge is 0.392 e. The van der Waals surface area contributed by atoms with Crippen LogP contribution < -0.4 is 10.6 Å². The molecular weight excluding hydrogens is 388 g/mol. The highest BCUT2D eigenvalue weighted by molar-refractivity contribution is 5.80. The van der Waals surface area contributed by atoms with Crippen molar-refractivity contribution in [1.82, 2.24) is 20.6 Å². The Hall–Kier alpha value is -2.18. The Bertz CT molecular complexity index is 873. The molecule has 0 radical (unpaired) electrons. The SMILES string of the molecule is O=C(NCc1ccccc1)[C@H]1C[C@@H](NC2CCCCC2)[C@H](c2cnc(C3CC3)[nH]2)[C@@H]1O. The highest BCUT2D eigenvalue weighted by Crippen LogP contribution is 2.42. The summed E-state index contributed by atoms with van der Waals surface area (Å²) in [6.07, 6.45) is 10.4. The highest BCUT2D eigenvalue weighted by atomic mass is 16.3. The molecule has 4 atom stereocenters. The number of hydrogen-bond acceptors (Lipinski definition) is 4. The summed E-state index contributed by atoms with van der Waals surface area (Å²) in [6.45, 7) is 0.490. The van der Waals surface area contributed by atoms with Gasteiger partial charge < -0.3 is 20.7 Å². The third-order valence-electron chi connectivity index (χ3n) is 7.36. The normalized spacial score (nSPS) is 29.2. The van der Waals surface area contributed by atoms with Crippen molar-refractivity contribution in [2.75, 3.05) is 0 Å². The van der Waals surface area contributed by atoms with Crippen LogP contribution in [0.5, 0.6) is 0 Å². The molecule has 2 aromatic rings. The van der Waals surface area contributed by atoms with Crippen LogP contribution in [-0.2, 0) is 11.3 Å². The van der Waals surface area contributed by atoms with Gasteiger partial charge in [-0.05, 0) is 37.7 Å². The van der Waals surface area contributed by atoms with E-state index in [9.17, 15) is 9.90 Å². The Morgan fingerprint density at radius 3 is 2.61 bits per heavy atom. The number of imidazole rings is 1. The number of nitrogens with one attached hydrogen (secondary N) is 3. The Morgan fingerprint density at radius 2 is 1.87 bits per heavy atom. The number of aromatic amines is 1. The minimum absolute atomic E-state index is 0.0590. The first-order valence-electron chi connectivity index (χ1n) is 12.0. The van der Waals surface area contributed by atoms with Gasteiger partial charge in [0.1, 0.15) is 5.82 Å². The van der Waals surface area contributed by atoms with Crippen LogP contribution in [0, 0.1) is 5.92 Å². The van der Waals surface area contributed by atoms with E-state index in [-0.39, 0.29) is 17.9 Å². The van der Waals surface area contributed by atoms with Crippen molar-refractivity contribution >= 4 is 5.91 Å². The number of carbonyl (C=O) groups excluding carboxylic acids is 1. The van der Waals surface area contributed by atoms with Gasteiger partial charge in [-0.2, -0.15) is 0 Å². The number of aromatic nitrogens is 2. The number of hydrogen-bond donors (Lipinski definition) is 4. The van der Waals surface area contributed by atoms with Gasteiger partial charge in [0.15, 0.2) is 0 Å². The Balaban J connectivity index is 1.31. The minimum Gasteiger partial charge on any atom is -0.392 e. The predicted molar refractivity (Wildman–Crippen MR) is 120 cm³/mol. The molecule has 0 saturated heterocycles. The number of rotatable bonds is 7.